The summed E-state index contributed by atoms with van der Waals surface area (Å²) in [5.74, 6) is -1.46. The van der Waals surface area contributed by atoms with Gasteiger partial charge in [0.15, 0.2) is 11.6 Å². The Hall–Kier alpha value is -1.78. The Labute approximate surface area is 136 Å². The van der Waals surface area contributed by atoms with Gasteiger partial charge in [0.05, 0.1) is 6.61 Å². The molecule has 0 radical (unpaired) electrons. The number of hydrogen-bond donors (Lipinski definition) is 1. The lowest BCUT2D eigenvalue weighted by molar-refractivity contribution is 0.0773. The van der Waals surface area contributed by atoms with Gasteiger partial charge in [-0.3, -0.25) is 4.90 Å². The average Bonchev–Trinajstić information content (AvgIpc) is 2.53. The fourth-order valence-electron chi connectivity index (χ4n) is 2.75. The molecular formula is C19H23F2NO. The topological polar surface area (TPSA) is 23.5 Å². The summed E-state index contributed by atoms with van der Waals surface area (Å²) in [5.41, 5.74) is 1.38. The molecule has 0 heterocycles. The van der Waals surface area contributed by atoms with Crippen LogP contribution in [0.15, 0.2) is 48.5 Å². The Morgan fingerprint density at radius 3 is 2.26 bits per heavy atom. The number of aliphatic hydroxyl groups excluding tert-OH is 1. The van der Waals surface area contributed by atoms with E-state index in [2.05, 4.69) is 0 Å². The molecule has 0 aliphatic carbocycles. The summed E-state index contributed by atoms with van der Waals surface area (Å²) >= 11 is 0. The van der Waals surface area contributed by atoms with Crippen molar-refractivity contribution in [1.82, 2.24) is 4.90 Å². The lowest BCUT2D eigenvalue weighted by Crippen LogP contribution is -2.41. The predicted octanol–water partition coefficient (Wildman–Crippen LogP) is 3.98. The zero-order chi connectivity index (χ0) is 16.8. The second-order valence-electron chi connectivity index (χ2n) is 6.10. The van der Waals surface area contributed by atoms with E-state index in [1.54, 1.807) is 6.07 Å². The van der Waals surface area contributed by atoms with Crippen molar-refractivity contribution in [3.63, 3.8) is 0 Å². The van der Waals surface area contributed by atoms with Gasteiger partial charge in [-0.25, -0.2) is 8.78 Å². The highest BCUT2D eigenvalue weighted by atomic mass is 19.2. The summed E-state index contributed by atoms with van der Waals surface area (Å²) in [6.45, 7) is 4.82. The molecule has 124 valence electrons. The van der Waals surface area contributed by atoms with Gasteiger partial charge < -0.3 is 5.11 Å². The van der Waals surface area contributed by atoms with Gasteiger partial charge in [0.25, 0.3) is 0 Å². The third-order valence-electron chi connectivity index (χ3n) is 4.06. The van der Waals surface area contributed by atoms with Crippen molar-refractivity contribution in [1.29, 1.82) is 0 Å². The maximum Gasteiger partial charge on any atom is 0.163 e. The molecule has 0 fully saturated rings. The molecule has 2 rings (SSSR count). The molecular weight excluding hydrogens is 296 g/mol. The molecule has 0 saturated carbocycles. The van der Waals surface area contributed by atoms with E-state index in [1.165, 1.54) is 6.07 Å². The van der Waals surface area contributed by atoms with E-state index >= 15 is 0 Å². The first-order chi connectivity index (χ1) is 11.0. The number of benzene rings is 2. The highest BCUT2D eigenvalue weighted by molar-refractivity contribution is 5.20. The maximum atomic E-state index is 14.0. The smallest absolute Gasteiger partial charge is 0.163 e. The van der Waals surface area contributed by atoms with Crippen LogP contribution in [-0.2, 0) is 13.1 Å². The van der Waals surface area contributed by atoms with Gasteiger partial charge in [-0.15, -0.1) is 0 Å². The molecule has 0 saturated heterocycles. The minimum absolute atomic E-state index is 0.0264. The van der Waals surface area contributed by atoms with Crippen LogP contribution in [0.5, 0.6) is 0 Å². The summed E-state index contributed by atoms with van der Waals surface area (Å²) in [7, 11) is 0. The summed E-state index contributed by atoms with van der Waals surface area (Å²) < 4.78 is 27.5. The van der Waals surface area contributed by atoms with Gasteiger partial charge in [0.2, 0.25) is 0 Å². The van der Waals surface area contributed by atoms with Crippen LogP contribution in [0, 0.1) is 17.6 Å². The van der Waals surface area contributed by atoms with Crippen molar-refractivity contribution < 1.29 is 13.9 Å². The minimum Gasteiger partial charge on any atom is -0.395 e. The summed E-state index contributed by atoms with van der Waals surface area (Å²) in [4.78, 5) is 2.00. The van der Waals surface area contributed by atoms with Gasteiger partial charge in [-0.05, 0) is 17.5 Å². The third kappa shape index (κ3) is 4.60. The van der Waals surface area contributed by atoms with E-state index < -0.39 is 11.6 Å². The number of rotatable bonds is 7. The van der Waals surface area contributed by atoms with Gasteiger partial charge in [0, 0.05) is 24.7 Å². The lowest BCUT2D eigenvalue weighted by Gasteiger charge is -2.33. The lowest BCUT2D eigenvalue weighted by atomic mass is 10.0. The van der Waals surface area contributed by atoms with Crippen LogP contribution in [-0.4, -0.2) is 22.7 Å². The molecule has 2 nitrogen and oxygen atoms in total. The van der Waals surface area contributed by atoms with Crippen LogP contribution in [0.1, 0.15) is 25.0 Å². The fourth-order valence-corrected chi connectivity index (χ4v) is 2.75. The van der Waals surface area contributed by atoms with Crippen molar-refractivity contribution in [3.05, 3.63) is 71.3 Å². The van der Waals surface area contributed by atoms with Crippen LogP contribution >= 0.6 is 0 Å². The number of nitrogens with zero attached hydrogens (tertiary/aromatic N) is 1. The molecule has 0 amide bonds. The van der Waals surface area contributed by atoms with Gasteiger partial charge >= 0.3 is 0 Å². The molecule has 0 bridgehead atoms. The SMILES string of the molecule is CC(C)C(CO)N(Cc1ccccc1)Cc1cccc(F)c1F. The first kappa shape index (κ1) is 17.6. The van der Waals surface area contributed by atoms with Crippen LogP contribution in [0.25, 0.3) is 0 Å². The summed E-state index contributed by atoms with van der Waals surface area (Å²) in [6.07, 6.45) is 0. The molecule has 1 atom stereocenters. The molecule has 2 aromatic rings. The standard InChI is InChI=1S/C19H23F2NO/c1-14(2)18(13-23)22(11-15-7-4-3-5-8-15)12-16-9-6-10-17(20)19(16)21/h3-10,14,18,23H,11-13H2,1-2H3. The van der Waals surface area contributed by atoms with E-state index in [-0.39, 0.29) is 25.1 Å². The molecule has 1 unspecified atom stereocenters. The Morgan fingerprint density at radius 2 is 1.65 bits per heavy atom. The molecule has 0 aliphatic rings. The van der Waals surface area contributed by atoms with Crippen LogP contribution in [0.4, 0.5) is 8.78 Å². The second-order valence-corrected chi connectivity index (χ2v) is 6.10. The zero-order valence-electron chi connectivity index (χ0n) is 13.5. The number of halogens is 2. The molecule has 0 spiro atoms. The van der Waals surface area contributed by atoms with Crippen molar-refractivity contribution in [2.45, 2.75) is 33.0 Å². The van der Waals surface area contributed by atoms with Gasteiger partial charge in [-0.2, -0.15) is 0 Å². The number of aliphatic hydroxyl groups is 1. The molecule has 4 heteroatoms. The quantitative estimate of drug-likeness (QED) is 0.834. The first-order valence-corrected chi connectivity index (χ1v) is 7.84. The highest BCUT2D eigenvalue weighted by Gasteiger charge is 2.23. The van der Waals surface area contributed by atoms with E-state index in [1.807, 2.05) is 49.1 Å². The van der Waals surface area contributed by atoms with E-state index in [0.717, 1.165) is 11.6 Å². The van der Waals surface area contributed by atoms with Gasteiger partial charge in [0.1, 0.15) is 0 Å². The fraction of sp³-hybridized carbons (Fsp3) is 0.368. The highest BCUT2D eigenvalue weighted by Crippen LogP contribution is 2.20. The van der Waals surface area contributed by atoms with Crippen molar-refractivity contribution >= 4 is 0 Å². The Balaban J connectivity index is 2.27. The van der Waals surface area contributed by atoms with Crippen LogP contribution < -0.4 is 0 Å². The Kier molecular flexibility index (Phi) is 6.25. The van der Waals surface area contributed by atoms with E-state index in [9.17, 15) is 13.9 Å². The monoisotopic (exact) mass is 319 g/mol. The molecule has 1 N–H and O–H groups in total. The zero-order valence-corrected chi connectivity index (χ0v) is 13.5. The average molecular weight is 319 g/mol. The first-order valence-electron chi connectivity index (χ1n) is 7.84. The molecule has 0 aromatic heterocycles. The molecule has 2 aromatic carbocycles. The largest absolute Gasteiger partial charge is 0.395 e. The normalized spacial score (nSPS) is 12.8. The van der Waals surface area contributed by atoms with Gasteiger partial charge in [-0.1, -0.05) is 56.3 Å². The molecule has 23 heavy (non-hydrogen) atoms. The summed E-state index contributed by atoms with van der Waals surface area (Å²) in [6, 6.07) is 13.9. The van der Waals surface area contributed by atoms with Crippen molar-refractivity contribution in [2.24, 2.45) is 5.92 Å². The van der Waals surface area contributed by atoms with E-state index in [0.29, 0.717) is 12.1 Å². The Bertz CT molecular complexity index is 616. The predicted molar refractivity (Wildman–Crippen MR) is 87.8 cm³/mol. The van der Waals surface area contributed by atoms with Crippen molar-refractivity contribution in [3.8, 4) is 0 Å². The molecule has 0 aliphatic heterocycles. The minimum atomic E-state index is -0.841. The van der Waals surface area contributed by atoms with Crippen LogP contribution in [0.3, 0.4) is 0 Å². The second kappa shape index (κ2) is 8.18. The third-order valence-corrected chi connectivity index (χ3v) is 4.06. The number of hydrogen-bond acceptors (Lipinski definition) is 2. The van der Waals surface area contributed by atoms with Crippen LogP contribution in [0.2, 0.25) is 0 Å². The van der Waals surface area contributed by atoms with E-state index in [4.69, 9.17) is 0 Å². The maximum absolute atomic E-state index is 14.0. The Morgan fingerprint density at radius 1 is 0.957 bits per heavy atom. The van der Waals surface area contributed by atoms with Crippen molar-refractivity contribution in [2.75, 3.05) is 6.61 Å². The summed E-state index contributed by atoms with van der Waals surface area (Å²) in [5, 5.41) is 9.74.